The van der Waals surface area contributed by atoms with Crippen molar-refractivity contribution in [2.75, 3.05) is 6.61 Å². The van der Waals surface area contributed by atoms with Crippen LogP contribution in [0.4, 0.5) is 8.78 Å². The van der Waals surface area contributed by atoms with E-state index in [-0.39, 0.29) is 17.9 Å². The zero-order valence-corrected chi connectivity index (χ0v) is 12.3. The summed E-state index contributed by atoms with van der Waals surface area (Å²) >= 11 is 7.07. The first-order valence-corrected chi connectivity index (χ1v) is 7.53. The number of aliphatic hydroxyl groups excluding tert-OH is 1. The van der Waals surface area contributed by atoms with Gasteiger partial charge in [0.05, 0.1) is 5.25 Å². The van der Waals surface area contributed by atoms with Gasteiger partial charge in [0.1, 0.15) is 18.5 Å². The molecule has 0 bridgehead atoms. The van der Waals surface area contributed by atoms with Crippen molar-refractivity contribution in [1.29, 1.82) is 0 Å². The minimum absolute atomic E-state index is 0.0636. The van der Waals surface area contributed by atoms with Crippen molar-refractivity contribution in [1.82, 2.24) is 0 Å². The Morgan fingerprint density at radius 3 is 2.48 bits per heavy atom. The fourth-order valence-corrected chi connectivity index (χ4v) is 3.49. The van der Waals surface area contributed by atoms with Crippen molar-refractivity contribution < 1.29 is 18.6 Å². The molecule has 110 valence electrons. The number of ether oxygens (including phenoxy) is 1. The molecule has 1 heterocycles. The molecule has 2 aromatic carbocycles. The lowest BCUT2D eigenvalue weighted by Crippen LogP contribution is -2.30. The van der Waals surface area contributed by atoms with E-state index in [0.717, 1.165) is 17.0 Å². The van der Waals surface area contributed by atoms with Gasteiger partial charge in [-0.1, -0.05) is 11.6 Å². The number of fused-ring (bicyclic) bond motifs is 1. The molecule has 2 nitrogen and oxygen atoms in total. The maximum atomic E-state index is 14.0. The lowest BCUT2D eigenvalue weighted by molar-refractivity contribution is 0.0846. The van der Waals surface area contributed by atoms with Crippen LogP contribution in [0.25, 0.3) is 0 Å². The topological polar surface area (TPSA) is 29.5 Å². The van der Waals surface area contributed by atoms with Crippen LogP contribution in [0.1, 0.15) is 10.8 Å². The molecule has 0 unspecified atom stereocenters. The molecule has 6 heteroatoms. The van der Waals surface area contributed by atoms with Gasteiger partial charge in [-0.05, 0) is 36.4 Å². The van der Waals surface area contributed by atoms with Crippen LogP contribution in [0.3, 0.4) is 0 Å². The smallest absolute Gasteiger partial charge is 0.165 e. The number of halogens is 3. The second-order valence-corrected chi connectivity index (χ2v) is 6.29. The Labute approximate surface area is 129 Å². The molecule has 3 rings (SSSR count). The number of aliphatic hydroxyl groups is 1. The summed E-state index contributed by atoms with van der Waals surface area (Å²) in [6, 6.07) is 9.02. The van der Waals surface area contributed by atoms with E-state index in [1.165, 1.54) is 11.8 Å². The SMILES string of the molecule is O[C@H]1COc2c(F)ccc(F)c2[C@@H]1Sc1ccc(Cl)cc1. The molecule has 0 saturated carbocycles. The number of hydrogen-bond donors (Lipinski definition) is 1. The van der Waals surface area contributed by atoms with Gasteiger partial charge in [-0.25, -0.2) is 8.78 Å². The molecule has 1 aliphatic heterocycles. The Kier molecular flexibility index (Phi) is 4.06. The van der Waals surface area contributed by atoms with Gasteiger partial charge >= 0.3 is 0 Å². The summed E-state index contributed by atoms with van der Waals surface area (Å²) in [7, 11) is 0. The molecule has 0 fully saturated rings. The van der Waals surface area contributed by atoms with Crippen LogP contribution in [-0.2, 0) is 0 Å². The highest BCUT2D eigenvalue weighted by molar-refractivity contribution is 7.99. The molecular weight excluding hydrogens is 318 g/mol. The van der Waals surface area contributed by atoms with Crippen molar-refractivity contribution in [3.05, 3.63) is 58.6 Å². The summed E-state index contributed by atoms with van der Waals surface area (Å²) in [5.41, 5.74) is 0.0636. The molecule has 0 radical (unpaired) electrons. The van der Waals surface area contributed by atoms with Gasteiger partial charge in [0, 0.05) is 15.5 Å². The highest BCUT2D eigenvalue weighted by Gasteiger charge is 2.34. The average molecular weight is 329 g/mol. The second-order valence-electron chi connectivity index (χ2n) is 4.64. The van der Waals surface area contributed by atoms with Gasteiger partial charge < -0.3 is 9.84 Å². The van der Waals surface area contributed by atoms with Gasteiger partial charge in [0.2, 0.25) is 0 Å². The third-order valence-electron chi connectivity index (χ3n) is 3.20. The van der Waals surface area contributed by atoms with Gasteiger partial charge in [-0.15, -0.1) is 11.8 Å². The first-order chi connectivity index (χ1) is 10.1. The lowest BCUT2D eigenvalue weighted by atomic mass is 10.0. The summed E-state index contributed by atoms with van der Waals surface area (Å²) in [5, 5.41) is 10.0. The highest BCUT2D eigenvalue weighted by Crippen LogP contribution is 2.46. The Balaban J connectivity index is 1.99. The van der Waals surface area contributed by atoms with Crippen LogP contribution >= 0.6 is 23.4 Å². The molecule has 0 aromatic heterocycles. The minimum atomic E-state index is -0.922. The minimum Gasteiger partial charge on any atom is -0.487 e. The van der Waals surface area contributed by atoms with E-state index in [1.807, 2.05) is 0 Å². The molecule has 0 aliphatic carbocycles. The van der Waals surface area contributed by atoms with E-state index in [1.54, 1.807) is 24.3 Å². The third kappa shape index (κ3) is 2.86. The van der Waals surface area contributed by atoms with Crippen molar-refractivity contribution in [3.8, 4) is 5.75 Å². The molecule has 0 saturated heterocycles. The van der Waals surface area contributed by atoms with E-state index in [4.69, 9.17) is 16.3 Å². The predicted molar refractivity (Wildman–Crippen MR) is 77.9 cm³/mol. The quantitative estimate of drug-likeness (QED) is 0.895. The van der Waals surface area contributed by atoms with E-state index >= 15 is 0 Å². The van der Waals surface area contributed by atoms with Crippen LogP contribution in [0.2, 0.25) is 5.02 Å². The van der Waals surface area contributed by atoms with Crippen LogP contribution < -0.4 is 4.74 Å². The number of benzene rings is 2. The van der Waals surface area contributed by atoms with Crippen LogP contribution in [0.15, 0.2) is 41.3 Å². The van der Waals surface area contributed by atoms with Crippen molar-refractivity contribution in [2.24, 2.45) is 0 Å². The standard InChI is InChI=1S/C15H11ClF2O2S/c16-8-1-3-9(4-2-8)21-15-12(19)7-20-14-11(18)6-5-10(17)13(14)15/h1-6,12,15,19H,7H2/t12-,15+/m0/s1. The number of rotatable bonds is 2. The molecule has 0 amide bonds. The number of hydrogen-bond acceptors (Lipinski definition) is 3. The summed E-state index contributed by atoms with van der Waals surface area (Å²) in [6.07, 6.45) is -0.922. The van der Waals surface area contributed by atoms with Gasteiger partial charge in [-0.2, -0.15) is 0 Å². The van der Waals surface area contributed by atoms with Crippen LogP contribution in [0, 0.1) is 11.6 Å². The monoisotopic (exact) mass is 328 g/mol. The van der Waals surface area contributed by atoms with Gasteiger partial charge in [0.25, 0.3) is 0 Å². The fourth-order valence-electron chi connectivity index (χ4n) is 2.21. The average Bonchev–Trinajstić information content (AvgIpc) is 2.47. The van der Waals surface area contributed by atoms with Crippen molar-refractivity contribution in [3.63, 3.8) is 0 Å². The molecular formula is C15H11ClF2O2S. The maximum Gasteiger partial charge on any atom is 0.165 e. The largest absolute Gasteiger partial charge is 0.487 e. The molecule has 0 spiro atoms. The summed E-state index contributed by atoms with van der Waals surface area (Å²) in [6.45, 7) is -0.0708. The summed E-state index contributed by atoms with van der Waals surface area (Å²) in [4.78, 5) is 0.806. The fraction of sp³-hybridized carbons (Fsp3) is 0.200. The van der Waals surface area contributed by atoms with E-state index in [9.17, 15) is 13.9 Å². The van der Waals surface area contributed by atoms with E-state index in [0.29, 0.717) is 5.02 Å². The lowest BCUT2D eigenvalue weighted by Gasteiger charge is -2.30. The Hall–Kier alpha value is -1.30. The van der Waals surface area contributed by atoms with Gasteiger partial charge in [0.15, 0.2) is 11.6 Å². The Morgan fingerprint density at radius 2 is 1.76 bits per heavy atom. The molecule has 2 aromatic rings. The van der Waals surface area contributed by atoms with E-state index < -0.39 is 23.0 Å². The van der Waals surface area contributed by atoms with E-state index in [2.05, 4.69) is 0 Å². The van der Waals surface area contributed by atoms with Crippen molar-refractivity contribution >= 4 is 23.4 Å². The number of thioether (sulfide) groups is 1. The molecule has 21 heavy (non-hydrogen) atoms. The molecule has 1 N–H and O–H groups in total. The summed E-state index contributed by atoms with van der Waals surface area (Å²) < 4.78 is 32.9. The third-order valence-corrected chi connectivity index (χ3v) is 4.80. The normalized spacial score (nSPS) is 20.8. The Morgan fingerprint density at radius 1 is 1.10 bits per heavy atom. The highest BCUT2D eigenvalue weighted by atomic mass is 35.5. The van der Waals surface area contributed by atoms with Gasteiger partial charge in [-0.3, -0.25) is 0 Å². The maximum absolute atomic E-state index is 14.0. The van der Waals surface area contributed by atoms with Crippen LogP contribution in [0.5, 0.6) is 5.75 Å². The first kappa shape index (κ1) is 14.6. The molecule has 2 atom stereocenters. The first-order valence-electron chi connectivity index (χ1n) is 6.27. The zero-order valence-electron chi connectivity index (χ0n) is 10.7. The van der Waals surface area contributed by atoms with Crippen molar-refractivity contribution in [2.45, 2.75) is 16.2 Å². The predicted octanol–water partition coefficient (Wildman–Crippen LogP) is 4.20. The molecule has 1 aliphatic rings. The Bertz CT molecular complexity index is 663. The second kappa shape index (κ2) is 5.83. The van der Waals surface area contributed by atoms with Crippen LogP contribution in [-0.4, -0.2) is 17.8 Å². The summed E-state index contributed by atoms with van der Waals surface area (Å²) in [5.74, 6) is -1.33. The zero-order chi connectivity index (χ0) is 15.0.